The van der Waals surface area contributed by atoms with Crippen molar-refractivity contribution in [2.45, 2.75) is 26.2 Å². The van der Waals surface area contributed by atoms with Crippen LogP contribution in [0.5, 0.6) is 0 Å². The van der Waals surface area contributed by atoms with Crippen molar-refractivity contribution in [1.29, 1.82) is 0 Å². The second-order valence-electron chi connectivity index (χ2n) is 4.92. The van der Waals surface area contributed by atoms with Crippen molar-refractivity contribution in [2.75, 3.05) is 6.61 Å². The molecule has 0 radical (unpaired) electrons. The average molecular weight is 293 g/mol. The van der Waals surface area contributed by atoms with Gasteiger partial charge in [-0.3, -0.25) is 4.79 Å². The SMILES string of the molecule is CCOC(=O)CC(C)C(F)(F)c1ccc2ccccc2n1. The number of pyridine rings is 1. The lowest BCUT2D eigenvalue weighted by Gasteiger charge is -2.22. The predicted molar refractivity (Wildman–Crippen MR) is 76.1 cm³/mol. The molecule has 1 aromatic carbocycles. The summed E-state index contributed by atoms with van der Waals surface area (Å²) in [6.07, 6.45) is -0.338. The Balaban J connectivity index is 2.25. The number of esters is 1. The lowest BCUT2D eigenvalue weighted by Crippen LogP contribution is -2.27. The number of carbonyl (C=O) groups excluding carboxylic acids is 1. The van der Waals surface area contributed by atoms with Crippen LogP contribution >= 0.6 is 0 Å². The van der Waals surface area contributed by atoms with Gasteiger partial charge in [0, 0.05) is 11.3 Å². The van der Waals surface area contributed by atoms with E-state index in [0.29, 0.717) is 5.52 Å². The zero-order valence-corrected chi connectivity index (χ0v) is 12.0. The molecule has 1 atom stereocenters. The van der Waals surface area contributed by atoms with Gasteiger partial charge in [-0.1, -0.05) is 31.2 Å². The zero-order chi connectivity index (χ0) is 15.5. The number of aromatic nitrogens is 1. The summed E-state index contributed by atoms with van der Waals surface area (Å²) < 4.78 is 33.5. The van der Waals surface area contributed by atoms with Gasteiger partial charge < -0.3 is 4.74 Å². The van der Waals surface area contributed by atoms with Crippen LogP contribution in [-0.2, 0) is 15.5 Å². The normalized spacial score (nSPS) is 13.1. The van der Waals surface area contributed by atoms with Gasteiger partial charge in [0.15, 0.2) is 0 Å². The van der Waals surface area contributed by atoms with Gasteiger partial charge in [-0.2, -0.15) is 8.78 Å². The van der Waals surface area contributed by atoms with Crippen LogP contribution in [0.15, 0.2) is 36.4 Å². The highest BCUT2D eigenvalue weighted by molar-refractivity contribution is 5.78. The molecular weight excluding hydrogens is 276 g/mol. The van der Waals surface area contributed by atoms with Crippen LogP contribution in [0.2, 0.25) is 0 Å². The first-order chi connectivity index (χ1) is 9.95. The fourth-order valence-corrected chi connectivity index (χ4v) is 2.10. The lowest BCUT2D eigenvalue weighted by molar-refractivity contribution is -0.149. The minimum Gasteiger partial charge on any atom is -0.466 e. The van der Waals surface area contributed by atoms with Gasteiger partial charge in [0.05, 0.1) is 18.5 Å². The van der Waals surface area contributed by atoms with Gasteiger partial charge in [-0.25, -0.2) is 4.98 Å². The van der Waals surface area contributed by atoms with E-state index in [1.54, 1.807) is 25.1 Å². The van der Waals surface area contributed by atoms with E-state index in [1.807, 2.05) is 12.1 Å². The zero-order valence-electron chi connectivity index (χ0n) is 12.0. The summed E-state index contributed by atoms with van der Waals surface area (Å²) in [7, 11) is 0. The molecule has 0 saturated heterocycles. The second-order valence-corrected chi connectivity index (χ2v) is 4.92. The number of benzene rings is 1. The maximum Gasteiger partial charge on any atom is 0.306 e. The smallest absolute Gasteiger partial charge is 0.306 e. The van der Waals surface area contributed by atoms with E-state index in [-0.39, 0.29) is 18.7 Å². The second kappa shape index (κ2) is 6.16. The first-order valence-electron chi connectivity index (χ1n) is 6.85. The number of hydrogen-bond donors (Lipinski definition) is 0. The molecule has 0 bridgehead atoms. The molecule has 1 heterocycles. The van der Waals surface area contributed by atoms with E-state index in [1.165, 1.54) is 13.0 Å². The Kier molecular flexibility index (Phi) is 4.50. The summed E-state index contributed by atoms with van der Waals surface area (Å²) in [5.41, 5.74) is 0.191. The van der Waals surface area contributed by atoms with Crippen LogP contribution in [0.1, 0.15) is 26.0 Å². The highest BCUT2D eigenvalue weighted by Crippen LogP contribution is 2.37. The lowest BCUT2D eigenvalue weighted by atomic mass is 9.96. The third kappa shape index (κ3) is 3.35. The Bertz CT molecular complexity index is 643. The van der Waals surface area contributed by atoms with E-state index < -0.39 is 17.8 Å². The van der Waals surface area contributed by atoms with Crippen LogP contribution in [0.3, 0.4) is 0 Å². The third-order valence-corrected chi connectivity index (χ3v) is 3.34. The van der Waals surface area contributed by atoms with Crippen LogP contribution in [-0.4, -0.2) is 17.6 Å². The van der Waals surface area contributed by atoms with Crippen molar-refractivity contribution in [2.24, 2.45) is 5.92 Å². The molecule has 1 unspecified atom stereocenters. The molecule has 0 aliphatic heterocycles. The summed E-state index contributed by atoms with van der Waals surface area (Å²) in [5.74, 6) is -4.98. The monoisotopic (exact) mass is 293 g/mol. The molecule has 21 heavy (non-hydrogen) atoms. The Morgan fingerprint density at radius 3 is 2.71 bits per heavy atom. The van der Waals surface area contributed by atoms with Gasteiger partial charge >= 0.3 is 5.97 Å². The van der Waals surface area contributed by atoms with Crippen LogP contribution in [0.4, 0.5) is 8.78 Å². The Morgan fingerprint density at radius 1 is 1.29 bits per heavy atom. The quantitative estimate of drug-likeness (QED) is 0.784. The van der Waals surface area contributed by atoms with E-state index in [0.717, 1.165) is 5.39 Å². The summed E-state index contributed by atoms with van der Waals surface area (Å²) in [6, 6.07) is 9.99. The van der Waals surface area contributed by atoms with Crippen molar-refractivity contribution in [3.05, 3.63) is 42.1 Å². The Hall–Kier alpha value is -2.04. The van der Waals surface area contributed by atoms with Crippen molar-refractivity contribution in [3.8, 4) is 0 Å². The van der Waals surface area contributed by atoms with Crippen LogP contribution in [0, 0.1) is 5.92 Å². The van der Waals surface area contributed by atoms with Gasteiger partial charge in [0.2, 0.25) is 0 Å². The number of fused-ring (bicyclic) bond motifs is 1. The molecule has 0 N–H and O–H groups in total. The summed E-state index contributed by atoms with van der Waals surface area (Å²) in [5, 5.41) is 0.801. The highest BCUT2D eigenvalue weighted by Gasteiger charge is 2.41. The molecule has 112 valence electrons. The fraction of sp³-hybridized carbons (Fsp3) is 0.375. The minimum atomic E-state index is -3.18. The molecule has 2 rings (SSSR count). The standard InChI is InChI=1S/C16H17F2NO2/c1-3-21-15(20)10-11(2)16(17,18)14-9-8-12-6-4-5-7-13(12)19-14/h4-9,11H,3,10H2,1-2H3. The number of nitrogens with zero attached hydrogens (tertiary/aromatic N) is 1. The third-order valence-electron chi connectivity index (χ3n) is 3.34. The number of ether oxygens (including phenoxy) is 1. The summed E-state index contributed by atoms with van der Waals surface area (Å²) >= 11 is 0. The van der Waals surface area contributed by atoms with E-state index in [2.05, 4.69) is 4.98 Å². The minimum absolute atomic E-state index is 0.186. The summed E-state index contributed by atoms with van der Waals surface area (Å²) in [4.78, 5) is 15.4. The first-order valence-corrected chi connectivity index (χ1v) is 6.85. The Morgan fingerprint density at radius 2 is 2.00 bits per heavy atom. The molecule has 2 aromatic rings. The van der Waals surface area contributed by atoms with Gasteiger partial charge in [-0.15, -0.1) is 0 Å². The molecule has 0 aliphatic rings. The molecule has 0 spiro atoms. The average Bonchev–Trinajstić information content (AvgIpc) is 2.46. The van der Waals surface area contributed by atoms with E-state index >= 15 is 0 Å². The topological polar surface area (TPSA) is 39.2 Å². The maximum absolute atomic E-state index is 14.4. The molecule has 1 aromatic heterocycles. The van der Waals surface area contributed by atoms with Gasteiger partial charge in [0.25, 0.3) is 5.92 Å². The van der Waals surface area contributed by atoms with Crippen LogP contribution < -0.4 is 0 Å². The first kappa shape index (κ1) is 15.4. The maximum atomic E-state index is 14.4. The van der Waals surface area contributed by atoms with Crippen molar-refractivity contribution >= 4 is 16.9 Å². The molecule has 0 fully saturated rings. The van der Waals surface area contributed by atoms with Crippen molar-refractivity contribution < 1.29 is 18.3 Å². The van der Waals surface area contributed by atoms with Crippen LogP contribution in [0.25, 0.3) is 10.9 Å². The highest BCUT2D eigenvalue weighted by atomic mass is 19.3. The molecule has 5 heteroatoms. The fourth-order valence-electron chi connectivity index (χ4n) is 2.10. The largest absolute Gasteiger partial charge is 0.466 e. The van der Waals surface area contributed by atoms with Crippen molar-refractivity contribution in [1.82, 2.24) is 4.98 Å². The molecule has 3 nitrogen and oxygen atoms in total. The van der Waals surface area contributed by atoms with E-state index in [4.69, 9.17) is 4.74 Å². The van der Waals surface area contributed by atoms with Gasteiger partial charge in [-0.05, 0) is 19.1 Å². The Labute approximate surface area is 121 Å². The molecular formula is C16H17F2NO2. The predicted octanol–water partition coefficient (Wildman–Crippen LogP) is 3.92. The number of rotatable bonds is 5. The van der Waals surface area contributed by atoms with E-state index in [9.17, 15) is 13.6 Å². The van der Waals surface area contributed by atoms with Crippen molar-refractivity contribution in [3.63, 3.8) is 0 Å². The molecule has 0 saturated carbocycles. The number of carbonyl (C=O) groups is 1. The molecule has 0 amide bonds. The van der Waals surface area contributed by atoms with Gasteiger partial charge in [0.1, 0.15) is 5.69 Å². The summed E-state index contributed by atoms with van der Waals surface area (Å²) in [6.45, 7) is 3.16. The number of para-hydroxylation sites is 1. The number of halogens is 2. The number of hydrogen-bond acceptors (Lipinski definition) is 3. The molecule has 0 aliphatic carbocycles. The number of alkyl halides is 2.